The Bertz CT molecular complexity index is 1360. The Labute approximate surface area is 186 Å². The van der Waals surface area contributed by atoms with E-state index in [0.717, 1.165) is 22.4 Å². The smallest absolute Gasteiger partial charge is 0.335 e. The highest BCUT2D eigenvalue weighted by atomic mass is 32.2. The van der Waals surface area contributed by atoms with E-state index in [1.165, 1.54) is 12.3 Å². The van der Waals surface area contributed by atoms with Crippen molar-refractivity contribution in [1.82, 2.24) is 0 Å². The number of amides is 1. The minimum Gasteiger partial charge on any atom is -0.478 e. The Morgan fingerprint density at radius 3 is 2.47 bits per heavy atom. The molecule has 1 spiro atoms. The molecule has 1 aliphatic heterocycles. The van der Waals surface area contributed by atoms with Crippen LogP contribution in [0, 0.1) is 0 Å². The van der Waals surface area contributed by atoms with E-state index in [2.05, 4.69) is 0 Å². The van der Waals surface area contributed by atoms with Crippen molar-refractivity contribution < 1.29 is 23.1 Å². The average Bonchev–Trinajstić information content (AvgIpc) is 3.49. The first kappa shape index (κ1) is 20.5. The highest BCUT2D eigenvalue weighted by Crippen LogP contribution is 2.66. The summed E-state index contributed by atoms with van der Waals surface area (Å²) in [7, 11) is -3.28. The Hall–Kier alpha value is -3.45. The number of hydrogen-bond acceptors (Lipinski definition) is 4. The number of para-hydroxylation sites is 1. The first-order valence-corrected chi connectivity index (χ1v) is 12.1. The van der Waals surface area contributed by atoms with E-state index < -0.39 is 21.2 Å². The molecule has 0 bridgehead atoms. The zero-order valence-electron chi connectivity index (χ0n) is 17.4. The molecule has 2 atom stereocenters. The van der Waals surface area contributed by atoms with E-state index in [1.807, 2.05) is 30.3 Å². The molecule has 162 valence electrons. The maximum absolute atomic E-state index is 13.7. The average molecular weight is 448 g/mol. The fourth-order valence-corrected chi connectivity index (χ4v) is 5.47. The van der Waals surface area contributed by atoms with Gasteiger partial charge in [0.15, 0.2) is 9.84 Å². The van der Waals surface area contributed by atoms with Gasteiger partial charge in [0.1, 0.15) is 0 Å². The van der Waals surface area contributed by atoms with Gasteiger partial charge in [0.05, 0.1) is 22.4 Å². The highest BCUT2D eigenvalue weighted by molar-refractivity contribution is 7.90. The molecule has 1 heterocycles. The highest BCUT2D eigenvalue weighted by Gasteiger charge is 2.67. The molecule has 6 nitrogen and oxygen atoms in total. The topological polar surface area (TPSA) is 91.8 Å². The largest absolute Gasteiger partial charge is 0.478 e. The van der Waals surface area contributed by atoms with Gasteiger partial charge in [0.25, 0.3) is 0 Å². The number of benzene rings is 3. The van der Waals surface area contributed by atoms with Gasteiger partial charge in [-0.05, 0) is 53.4 Å². The molecule has 5 rings (SSSR count). The standard InChI is InChI=1S/C25H21NO5S/c1-32(30,31)19-11-9-17(10-12-19)21-14-25(21)20-7-2-3-8-22(20)26(24(25)29)15-16-5-4-6-18(13-16)23(27)28/h2-13,21H,14-15H2,1H3,(H,27,28)/t21-,25+/m0/s1. The summed E-state index contributed by atoms with van der Waals surface area (Å²) in [6, 6.07) is 21.1. The van der Waals surface area contributed by atoms with Crippen LogP contribution in [0.3, 0.4) is 0 Å². The van der Waals surface area contributed by atoms with Crippen molar-refractivity contribution in [2.24, 2.45) is 0 Å². The molecule has 1 saturated carbocycles. The lowest BCUT2D eigenvalue weighted by Crippen LogP contribution is -2.32. The van der Waals surface area contributed by atoms with Gasteiger partial charge in [-0.3, -0.25) is 4.79 Å². The Morgan fingerprint density at radius 2 is 1.78 bits per heavy atom. The van der Waals surface area contributed by atoms with Gasteiger partial charge in [-0.2, -0.15) is 0 Å². The van der Waals surface area contributed by atoms with Crippen LogP contribution in [-0.4, -0.2) is 31.7 Å². The molecule has 3 aromatic carbocycles. The van der Waals surface area contributed by atoms with Crippen LogP contribution in [-0.2, 0) is 26.6 Å². The van der Waals surface area contributed by atoms with Crippen LogP contribution in [0.5, 0.6) is 0 Å². The van der Waals surface area contributed by atoms with E-state index in [9.17, 15) is 23.1 Å². The van der Waals surface area contributed by atoms with Crippen molar-refractivity contribution in [2.45, 2.75) is 29.2 Å². The van der Waals surface area contributed by atoms with Crippen LogP contribution in [0.4, 0.5) is 5.69 Å². The number of carbonyl (C=O) groups is 2. The van der Waals surface area contributed by atoms with E-state index in [-0.39, 0.29) is 22.3 Å². The summed E-state index contributed by atoms with van der Waals surface area (Å²) in [5.74, 6) is -1.03. The zero-order chi connectivity index (χ0) is 22.7. The number of carboxylic acid groups (broad SMARTS) is 1. The van der Waals surface area contributed by atoms with Crippen LogP contribution in [0.2, 0.25) is 0 Å². The Morgan fingerprint density at radius 1 is 1.06 bits per heavy atom. The van der Waals surface area contributed by atoms with E-state index >= 15 is 0 Å². The molecular weight excluding hydrogens is 426 g/mol. The number of fused-ring (bicyclic) bond motifs is 2. The van der Waals surface area contributed by atoms with Crippen molar-refractivity contribution in [3.05, 3.63) is 95.1 Å². The second-order valence-corrected chi connectivity index (χ2v) is 10.5. The zero-order valence-corrected chi connectivity index (χ0v) is 18.2. The normalized spacial score (nSPS) is 21.6. The fraction of sp³-hybridized carbons (Fsp3) is 0.200. The Balaban J connectivity index is 1.49. The summed E-state index contributed by atoms with van der Waals surface area (Å²) in [6.07, 6.45) is 1.83. The summed E-state index contributed by atoms with van der Waals surface area (Å²) in [6.45, 7) is 0.290. The van der Waals surface area contributed by atoms with Gasteiger partial charge in [0, 0.05) is 17.9 Å². The molecule has 3 aromatic rings. The van der Waals surface area contributed by atoms with Crippen LogP contribution < -0.4 is 4.90 Å². The van der Waals surface area contributed by atoms with Gasteiger partial charge in [-0.1, -0.05) is 42.5 Å². The predicted molar refractivity (Wildman–Crippen MR) is 120 cm³/mol. The summed E-state index contributed by atoms with van der Waals surface area (Å²) in [5, 5.41) is 9.29. The quantitative estimate of drug-likeness (QED) is 0.643. The molecular formula is C25H21NO5S. The molecule has 1 amide bonds. The second-order valence-electron chi connectivity index (χ2n) is 8.48. The minimum atomic E-state index is -3.28. The number of anilines is 1. The summed E-state index contributed by atoms with van der Waals surface area (Å²) in [4.78, 5) is 27.0. The monoisotopic (exact) mass is 447 g/mol. The van der Waals surface area contributed by atoms with Gasteiger partial charge < -0.3 is 10.0 Å². The molecule has 0 radical (unpaired) electrons. The number of carbonyl (C=O) groups excluding carboxylic acids is 1. The second kappa shape index (κ2) is 7.03. The third kappa shape index (κ3) is 3.12. The predicted octanol–water partition coefficient (Wildman–Crippen LogP) is 3.76. The number of sulfone groups is 1. The molecule has 1 aliphatic carbocycles. The van der Waals surface area contributed by atoms with Crippen LogP contribution in [0.25, 0.3) is 0 Å². The number of hydrogen-bond donors (Lipinski definition) is 1. The van der Waals surface area contributed by atoms with Crippen LogP contribution in [0.1, 0.15) is 39.4 Å². The summed E-state index contributed by atoms with van der Waals surface area (Å²) >= 11 is 0. The third-order valence-electron chi connectivity index (χ3n) is 6.49. The van der Waals surface area contributed by atoms with Crippen LogP contribution in [0.15, 0.2) is 77.7 Å². The lowest BCUT2D eigenvalue weighted by Gasteiger charge is -2.19. The minimum absolute atomic E-state index is 0.00313. The molecule has 1 fully saturated rings. The maximum Gasteiger partial charge on any atom is 0.335 e. The van der Waals surface area contributed by atoms with Gasteiger partial charge in [0.2, 0.25) is 5.91 Å². The molecule has 0 unspecified atom stereocenters. The number of carboxylic acids is 1. The van der Waals surface area contributed by atoms with Crippen molar-refractivity contribution in [3.8, 4) is 0 Å². The first-order valence-electron chi connectivity index (χ1n) is 10.3. The van der Waals surface area contributed by atoms with Gasteiger partial charge in [-0.25, -0.2) is 13.2 Å². The number of aromatic carboxylic acids is 1. The summed E-state index contributed by atoms with van der Waals surface area (Å²) < 4.78 is 23.6. The SMILES string of the molecule is CS(=O)(=O)c1ccc([C@@H]2C[C@]23C(=O)N(Cc2cccc(C(=O)O)c2)c2ccccc23)cc1. The molecule has 0 saturated heterocycles. The molecule has 32 heavy (non-hydrogen) atoms. The first-order chi connectivity index (χ1) is 15.2. The maximum atomic E-state index is 13.7. The van der Waals surface area contributed by atoms with Crippen molar-refractivity contribution in [3.63, 3.8) is 0 Å². The fourth-order valence-electron chi connectivity index (χ4n) is 4.84. The van der Waals surface area contributed by atoms with Crippen molar-refractivity contribution >= 4 is 27.4 Å². The lowest BCUT2D eigenvalue weighted by atomic mass is 9.92. The lowest BCUT2D eigenvalue weighted by molar-refractivity contribution is -0.120. The number of rotatable bonds is 5. The van der Waals surface area contributed by atoms with Gasteiger partial charge in [-0.15, -0.1) is 0 Å². The Kier molecular flexibility index (Phi) is 4.49. The molecule has 0 aromatic heterocycles. The number of nitrogens with zero attached hydrogens (tertiary/aromatic N) is 1. The van der Waals surface area contributed by atoms with E-state index in [4.69, 9.17) is 0 Å². The van der Waals surface area contributed by atoms with Crippen molar-refractivity contribution in [1.29, 1.82) is 0 Å². The molecule has 7 heteroatoms. The van der Waals surface area contributed by atoms with Crippen LogP contribution >= 0.6 is 0 Å². The molecule has 2 aliphatic rings. The third-order valence-corrected chi connectivity index (χ3v) is 7.62. The molecule has 1 N–H and O–H groups in total. The van der Waals surface area contributed by atoms with E-state index in [0.29, 0.717) is 13.0 Å². The van der Waals surface area contributed by atoms with Crippen molar-refractivity contribution in [2.75, 3.05) is 11.2 Å². The summed E-state index contributed by atoms with van der Waals surface area (Å²) in [5.41, 5.74) is 3.03. The van der Waals surface area contributed by atoms with Gasteiger partial charge >= 0.3 is 5.97 Å². The van der Waals surface area contributed by atoms with E-state index in [1.54, 1.807) is 41.3 Å².